The number of carbonyl (C=O) groups excluding carboxylic acids is 1. The Kier molecular flexibility index (Phi) is 5.05. The molecule has 0 aliphatic carbocycles. The first-order valence-electron chi connectivity index (χ1n) is 7.94. The zero-order chi connectivity index (χ0) is 17.8. The summed E-state index contributed by atoms with van der Waals surface area (Å²) >= 11 is 6.07. The van der Waals surface area contributed by atoms with Crippen LogP contribution in [-0.4, -0.2) is 22.3 Å². The van der Waals surface area contributed by atoms with Crippen molar-refractivity contribution in [1.29, 1.82) is 0 Å². The van der Waals surface area contributed by atoms with Crippen molar-refractivity contribution in [2.45, 2.75) is 13.8 Å². The lowest BCUT2D eigenvalue weighted by atomic mass is 10.2. The van der Waals surface area contributed by atoms with Gasteiger partial charge in [-0.25, -0.2) is 4.68 Å². The van der Waals surface area contributed by atoms with E-state index in [-0.39, 0.29) is 5.91 Å². The van der Waals surface area contributed by atoms with Crippen LogP contribution in [0.4, 0.5) is 5.82 Å². The van der Waals surface area contributed by atoms with Gasteiger partial charge in [0.25, 0.3) is 5.91 Å². The van der Waals surface area contributed by atoms with Gasteiger partial charge >= 0.3 is 0 Å². The first-order valence-corrected chi connectivity index (χ1v) is 8.32. The molecule has 1 heterocycles. The highest BCUT2D eigenvalue weighted by molar-refractivity contribution is 6.30. The number of nitrogens with one attached hydrogen (secondary N) is 1. The monoisotopic (exact) mass is 355 g/mol. The van der Waals surface area contributed by atoms with Gasteiger partial charge in [-0.05, 0) is 44.2 Å². The Hall–Kier alpha value is -2.79. The van der Waals surface area contributed by atoms with E-state index in [9.17, 15) is 4.79 Å². The Morgan fingerprint density at radius 2 is 2.00 bits per heavy atom. The van der Waals surface area contributed by atoms with E-state index < -0.39 is 0 Å². The van der Waals surface area contributed by atoms with Crippen LogP contribution in [0.15, 0.2) is 54.6 Å². The van der Waals surface area contributed by atoms with Gasteiger partial charge in [0.2, 0.25) is 0 Å². The summed E-state index contributed by atoms with van der Waals surface area (Å²) in [5.74, 6) is 0.858. The van der Waals surface area contributed by atoms with E-state index in [2.05, 4.69) is 10.4 Å². The van der Waals surface area contributed by atoms with Crippen LogP contribution in [-0.2, 0) is 0 Å². The smallest absolute Gasteiger partial charge is 0.260 e. The number of rotatable bonds is 5. The van der Waals surface area contributed by atoms with Crippen LogP contribution in [0.25, 0.3) is 5.69 Å². The molecule has 0 aliphatic heterocycles. The molecule has 3 rings (SSSR count). The summed E-state index contributed by atoms with van der Waals surface area (Å²) < 4.78 is 7.19. The zero-order valence-electron chi connectivity index (χ0n) is 14.0. The SMILES string of the molecule is CCOc1ccccc1C(=O)Nc1cc(C)nn1-c1cccc(Cl)c1. The highest BCUT2D eigenvalue weighted by atomic mass is 35.5. The molecule has 6 heteroatoms. The second kappa shape index (κ2) is 7.40. The Morgan fingerprint density at radius 3 is 2.76 bits per heavy atom. The molecule has 0 saturated carbocycles. The third kappa shape index (κ3) is 3.83. The van der Waals surface area contributed by atoms with Gasteiger partial charge in [-0.2, -0.15) is 5.10 Å². The highest BCUT2D eigenvalue weighted by Gasteiger charge is 2.16. The van der Waals surface area contributed by atoms with Gasteiger partial charge in [0.15, 0.2) is 0 Å². The van der Waals surface area contributed by atoms with E-state index >= 15 is 0 Å². The number of ether oxygens (including phenoxy) is 1. The summed E-state index contributed by atoms with van der Waals surface area (Å²) in [5.41, 5.74) is 2.03. The van der Waals surface area contributed by atoms with E-state index in [0.29, 0.717) is 28.8 Å². The van der Waals surface area contributed by atoms with Gasteiger partial charge in [-0.3, -0.25) is 4.79 Å². The van der Waals surface area contributed by atoms with Crippen LogP contribution < -0.4 is 10.1 Å². The maximum atomic E-state index is 12.7. The second-order valence-corrected chi connectivity index (χ2v) is 5.88. The number of nitrogens with zero attached hydrogens (tertiary/aromatic N) is 2. The number of halogens is 1. The molecule has 5 nitrogen and oxygen atoms in total. The summed E-state index contributed by atoms with van der Waals surface area (Å²) in [7, 11) is 0. The van der Waals surface area contributed by atoms with Crippen molar-refractivity contribution in [3.8, 4) is 11.4 Å². The summed E-state index contributed by atoms with van der Waals surface area (Å²) in [6.45, 7) is 4.24. The lowest BCUT2D eigenvalue weighted by Crippen LogP contribution is -2.16. The quantitative estimate of drug-likeness (QED) is 0.733. The van der Waals surface area contributed by atoms with Crippen LogP contribution in [0.3, 0.4) is 0 Å². The number of para-hydroxylation sites is 1. The fourth-order valence-corrected chi connectivity index (χ4v) is 2.70. The zero-order valence-corrected chi connectivity index (χ0v) is 14.7. The molecule has 0 bridgehead atoms. The number of aryl methyl sites for hydroxylation is 1. The predicted octanol–water partition coefficient (Wildman–Crippen LogP) is 4.49. The van der Waals surface area contributed by atoms with Crippen molar-refractivity contribution in [1.82, 2.24) is 9.78 Å². The Bertz CT molecular complexity index is 905. The van der Waals surface area contributed by atoms with Crippen LogP contribution in [0.5, 0.6) is 5.75 Å². The first kappa shape index (κ1) is 17.0. The van der Waals surface area contributed by atoms with Crippen molar-refractivity contribution < 1.29 is 9.53 Å². The molecule has 0 unspecified atom stereocenters. The first-order chi connectivity index (χ1) is 12.1. The number of amides is 1. The summed E-state index contributed by atoms with van der Waals surface area (Å²) in [6.07, 6.45) is 0. The molecule has 0 radical (unpaired) electrons. The lowest BCUT2D eigenvalue weighted by Gasteiger charge is -2.12. The Labute approximate surface area is 151 Å². The summed E-state index contributed by atoms with van der Waals surface area (Å²) in [4.78, 5) is 12.7. The van der Waals surface area contributed by atoms with E-state index in [4.69, 9.17) is 16.3 Å². The number of aromatic nitrogens is 2. The molecule has 3 aromatic rings. The minimum absolute atomic E-state index is 0.257. The second-order valence-electron chi connectivity index (χ2n) is 5.45. The van der Waals surface area contributed by atoms with Gasteiger partial charge in [0, 0.05) is 11.1 Å². The average molecular weight is 356 g/mol. The summed E-state index contributed by atoms with van der Waals surface area (Å²) in [5, 5.41) is 7.94. The third-order valence-electron chi connectivity index (χ3n) is 3.56. The van der Waals surface area contributed by atoms with Gasteiger partial charge in [-0.1, -0.05) is 29.8 Å². The molecule has 1 N–H and O–H groups in total. The van der Waals surface area contributed by atoms with E-state index in [1.54, 1.807) is 35.0 Å². The fraction of sp³-hybridized carbons (Fsp3) is 0.158. The third-order valence-corrected chi connectivity index (χ3v) is 3.79. The number of carbonyl (C=O) groups is 1. The van der Waals surface area contributed by atoms with Crippen molar-refractivity contribution in [2.75, 3.05) is 11.9 Å². The van der Waals surface area contributed by atoms with Gasteiger partial charge in [0.1, 0.15) is 11.6 Å². The summed E-state index contributed by atoms with van der Waals surface area (Å²) in [6, 6.07) is 16.2. The number of anilines is 1. The van der Waals surface area contributed by atoms with E-state index in [1.807, 2.05) is 38.1 Å². The molecule has 2 aromatic carbocycles. The normalized spacial score (nSPS) is 10.5. The Balaban J connectivity index is 1.93. The molecule has 1 amide bonds. The Morgan fingerprint density at radius 1 is 1.20 bits per heavy atom. The molecule has 128 valence electrons. The average Bonchev–Trinajstić information content (AvgIpc) is 2.96. The highest BCUT2D eigenvalue weighted by Crippen LogP contribution is 2.23. The lowest BCUT2D eigenvalue weighted by molar-refractivity contribution is 0.102. The molecular weight excluding hydrogens is 338 g/mol. The van der Waals surface area contributed by atoms with Crippen LogP contribution in [0, 0.1) is 6.92 Å². The predicted molar refractivity (Wildman–Crippen MR) is 98.9 cm³/mol. The molecule has 1 aromatic heterocycles. The number of hydrogen-bond acceptors (Lipinski definition) is 3. The molecular formula is C19H18ClN3O2. The van der Waals surface area contributed by atoms with Crippen molar-refractivity contribution in [3.63, 3.8) is 0 Å². The molecule has 0 aliphatic rings. The number of hydrogen-bond donors (Lipinski definition) is 1. The van der Waals surface area contributed by atoms with E-state index in [1.165, 1.54) is 0 Å². The van der Waals surface area contributed by atoms with Crippen LogP contribution in [0.2, 0.25) is 5.02 Å². The molecule has 0 spiro atoms. The molecule has 25 heavy (non-hydrogen) atoms. The maximum absolute atomic E-state index is 12.7. The maximum Gasteiger partial charge on any atom is 0.260 e. The van der Waals surface area contributed by atoms with Crippen molar-refractivity contribution in [3.05, 3.63) is 70.9 Å². The van der Waals surface area contributed by atoms with E-state index in [0.717, 1.165) is 11.4 Å². The standard InChI is InChI=1S/C19H18ClN3O2/c1-3-25-17-10-5-4-9-16(17)19(24)21-18-11-13(2)22-23(18)15-8-6-7-14(20)12-15/h4-12H,3H2,1-2H3,(H,21,24). The fourth-order valence-electron chi connectivity index (χ4n) is 2.51. The van der Waals surface area contributed by atoms with Crippen LogP contribution >= 0.6 is 11.6 Å². The van der Waals surface area contributed by atoms with Crippen molar-refractivity contribution >= 4 is 23.3 Å². The molecule has 0 saturated heterocycles. The molecule has 0 fully saturated rings. The number of benzene rings is 2. The minimum Gasteiger partial charge on any atom is -0.493 e. The van der Waals surface area contributed by atoms with Gasteiger partial charge in [-0.15, -0.1) is 0 Å². The van der Waals surface area contributed by atoms with Gasteiger partial charge < -0.3 is 10.1 Å². The largest absolute Gasteiger partial charge is 0.493 e. The topological polar surface area (TPSA) is 56.1 Å². The van der Waals surface area contributed by atoms with Crippen LogP contribution in [0.1, 0.15) is 23.0 Å². The van der Waals surface area contributed by atoms with Gasteiger partial charge in [0.05, 0.1) is 23.6 Å². The molecule has 0 atom stereocenters. The minimum atomic E-state index is -0.257. The van der Waals surface area contributed by atoms with Crippen molar-refractivity contribution in [2.24, 2.45) is 0 Å².